The molecule has 0 aliphatic carbocycles. The van der Waals surface area contributed by atoms with Crippen LogP contribution >= 0.6 is 0 Å². The molecule has 0 aliphatic rings. The molecule has 0 aromatic heterocycles. The van der Waals surface area contributed by atoms with Gasteiger partial charge in [0.1, 0.15) is 17.8 Å². The Morgan fingerprint density at radius 1 is 1.00 bits per heavy atom. The molecule has 0 radical (unpaired) electrons. The van der Waals surface area contributed by atoms with E-state index >= 15 is 0 Å². The first-order valence-corrected chi connectivity index (χ1v) is 7.18. The Kier molecular flexibility index (Phi) is 3.97. The monoisotopic (exact) mass is 276 g/mol. The van der Waals surface area contributed by atoms with E-state index in [0.29, 0.717) is 17.4 Å². The number of aldehydes is 1. The van der Waals surface area contributed by atoms with Crippen LogP contribution in [-0.4, -0.2) is 14.7 Å². The van der Waals surface area contributed by atoms with Crippen LogP contribution in [0.2, 0.25) is 0 Å². The zero-order valence-corrected chi connectivity index (χ0v) is 10.8. The fraction of sp³-hybridized carbons (Fsp3) is 0.0714. The molecule has 0 atom stereocenters. The molecule has 0 unspecified atom stereocenters. The van der Waals surface area contributed by atoms with Gasteiger partial charge in [-0.2, -0.15) is 8.42 Å². The summed E-state index contributed by atoms with van der Waals surface area (Å²) < 4.78 is 28.7. The fourth-order valence-corrected chi connectivity index (χ4v) is 2.65. The Labute approximate surface area is 111 Å². The first-order valence-electron chi connectivity index (χ1n) is 5.60. The van der Waals surface area contributed by atoms with Crippen LogP contribution in [0, 0.1) is 0 Å². The molecule has 5 heteroatoms. The summed E-state index contributed by atoms with van der Waals surface area (Å²) in [5, 5.41) is 0. The molecular weight excluding hydrogens is 264 g/mol. The van der Waals surface area contributed by atoms with Gasteiger partial charge in [-0.05, 0) is 17.7 Å². The molecule has 0 amide bonds. The maximum absolute atomic E-state index is 11.9. The second kappa shape index (κ2) is 5.67. The lowest BCUT2D eigenvalue weighted by Gasteiger charge is -2.07. The van der Waals surface area contributed by atoms with Crippen LogP contribution in [0.1, 0.15) is 15.9 Å². The van der Waals surface area contributed by atoms with E-state index in [1.165, 1.54) is 12.1 Å². The van der Waals surface area contributed by atoms with E-state index in [4.69, 9.17) is 4.18 Å². The van der Waals surface area contributed by atoms with E-state index in [9.17, 15) is 13.2 Å². The minimum Gasteiger partial charge on any atom is -0.382 e. The summed E-state index contributed by atoms with van der Waals surface area (Å²) in [5.74, 6) is -0.0698. The zero-order chi connectivity index (χ0) is 13.7. The van der Waals surface area contributed by atoms with Crippen molar-refractivity contribution in [2.75, 3.05) is 0 Å². The Morgan fingerprint density at radius 2 is 1.74 bits per heavy atom. The molecule has 2 aromatic carbocycles. The quantitative estimate of drug-likeness (QED) is 0.621. The third-order valence-corrected chi connectivity index (χ3v) is 3.54. The third-order valence-electron chi connectivity index (χ3n) is 2.40. The molecule has 0 aliphatic heterocycles. The third kappa shape index (κ3) is 3.93. The predicted octanol–water partition coefficient (Wildman–Crippen LogP) is 2.41. The molecule has 0 bridgehead atoms. The Morgan fingerprint density at radius 3 is 2.42 bits per heavy atom. The van der Waals surface area contributed by atoms with Gasteiger partial charge in [-0.15, -0.1) is 0 Å². The highest BCUT2D eigenvalue weighted by molar-refractivity contribution is 7.86. The summed E-state index contributed by atoms with van der Waals surface area (Å²) in [7, 11) is -3.73. The number of benzene rings is 2. The van der Waals surface area contributed by atoms with Crippen molar-refractivity contribution in [2.45, 2.75) is 5.75 Å². The average Bonchev–Trinajstić information content (AvgIpc) is 2.39. The standard InChI is InChI=1S/C14H12O4S/c15-10-13-7-4-8-14(9-13)18-19(16,17)11-12-5-2-1-3-6-12/h1-10H,11H2. The second-order valence-corrected chi connectivity index (χ2v) is 5.53. The van der Waals surface area contributed by atoms with Gasteiger partial charge in [0.15, 0.2) is 0 Å². The van der Waals surface area contributed by atoms with Crippen molar-refractivity contribution in [1.82, 2.24) is 0 Å². The molecule has 4 nitrogen and oxygen atoms in total. The van der Waals surface area contributed by atoms with E-state index < -0.39 is 10.1 Å². The normalized spacial score (nSPS) is 10.9. The van der Waals surface area contributed by atoms with Crippen molar-refractivity contribution in [1.29, 1.82) is 0 Å². The summed E-state index contributed by atoms with van der Waals surface area (Å²) in [5.41, 5.74) is 1.02. The maximum Gasteiger partial charge on any atom is 0.313 e. The number of hydrogen-bond donors (Lipinski definition) is 0. The fourth-order valence-electron chi connectivity index (χ4n) is 1.59. The lowest BCUT2D eigenvalue weighted by Crippen LogP contribution is -2.12. The predicted molar refractivity (Wildman–Crippen MR) is 71.5 cm³/mol. The van der Waals surface area contributed by atoms with Crippen molar-refractivity contribution in [2.24, 2.45) is 0 Å². The number of hydrogen-bond acceptors (Lipinski definition) is 4. The summed E-state index contributed by atoms with van der Waals surface area (Å²) in [6, 6.07) is 14.8. The molecule has 0 saturated heterocycles. The van der Waals surface area contributed by atoms with E-state index in [1.807, 2.05) is 6.07 Å². The van der Waals surface area contributed by atoms with Crippen LogP contribution in [0.15, 0.2) is 54.6 Å². The van der Waals surface area contributed by atoms with Crippen LogP contribution in [0.4, 0.5) is 0 Å². The molecule has 0 heterocycles. The van der Waals surface area contributed by atoms with Crippen LogP contribution in [0.5, 0.6) is 5.75 Å². The number of carbonyl (C=O) groups is 1. The minimum absolute atomic E-state index is 0.139. The average molecular weight is 276 g/mol. The van der Waals surface area contributed by atoms with Gasteiger partial charge in [-0.1, -0.05) is 42.5 Å². The van der Waals surface area contributed by atoms with Crippen LogP contribution in [-0.2, 0) is 15.9 Å². The molecule has 98 valence electrons. The van der Waals surface area contributed by atoms with Gasteiger partial charge in [0.25, 0.3) is 0 Å². The number of carbonyl (C=O) groups excluding carboxylic acids is 1. The molecular formula is C14H12O4S. The van der Waals surface area contributed by atoms with Gasteiger partial charge in [0, 0.05) is 5.56 Å². The Hall–Kier alpha value is -2.14. The molecule has 2 rings (SSSR count). The number of rotatable bonds is 5. The Balaban J connectivity index is 2.15. The van der Waals surface area contributed by atoms with E-state index in [-0.39, 0.29) is 11.5 Å². The largest absolute Gasteiger partial charge is 0.382 e. The van der Waals surface area contributed by atoms with Gasteiger partial charge < -0.3 is 4.18 Å². The van der Waals surface area contributed by atoms with Crippen LogP contribution < -0.4 is 4.18 Å². The van der Waals surface area contributed by atoms with Gasteiger partial charge in [-0.25, -0.2) is 0 Å². The topological polar surface area (TPSA) is 60.4 Å². The lowest BCUT2D eigenvalue weighted by molar-refractivity contribution is 0.112. The smallest absolute Gasteiger partial charge is 0.313 e. The maximum atomic E-state index is 11.9. The molecule has 0 spiro atoms. The highest BCUT2D eigenvalue weighted by atomic mass is 32.2. The summed E-state index contributed by atoms with van der Waals surface area (Å²) in [6.45, 7) is 0. The Bertz CT molecular complexity index is 663. The molecule has 0 saturated carbocycles. The molecule has 0 N–H and O–H groups in total. The van der Waals surface area contributed by atoms with Crippen LogP contribution in [0.3, 0.4) is 0 Å². The van der Waals surface area contributed by atoms with Crippen molar-refractivity contribution in [3.63, 3.8) is 0 Å². The van der Waals surface area contributed by atoms with Gasteiger partial charge in [0.05, 0.1) is 0 Å². The summed E-state index contributed by atoms with van der Waals surface area (Å²) >= 11 is 0. The first-order chi connectivity index (χ1) is 9.09. The van der Waals surface area contributed by atoms with E-state index in [0.717, 1.165) is 0 Å². The SMILES string of the molecule is O=Cc1cccc(OS(=O)(=O)Cc2ccccc2)c1. The van der Waals surface area contributed by atoms with Gasteiger partial charge in [0.2, 0.25) is 0 Å². The summed E-state index contributed by atoms with van der Waals surface area (Å²) in [4.78, 5) is 10.6. The zero-order valence-electron chi connectivity index (χ0n) is 10.0. The first kappa shape index (κ1) is 13.3. The van der Waals surface area contributed by atoms with E-state index in [2.05, 4.69) is 0 Å². The molecule has 2 aromatic rings. The lowest BCUT2D eigenvalue weighted by atomic mass is 10.2. The molecule has 19 heavy (non-hydrogen) atoms. The van der Waals surface area contributed by atoms with Crippen molar-refractivity contribution < 1.29 is 17.4 Å². The van der Waals surface area contributed by atoms with Crippen molar-refractivity contribution in [3.05, 3.63) is 65.7 Å². The van der Waals surface area contributed by atoms with Crippen molar-refractivity contribution >= 4 is 16.4 Å². The highest BCUT2D eigenvalue weighted by Gasteiger charge is 2.14. The van der Waals surface area contributed by atoms with Crippen molar-refractivity contribution in [3.8, 4) is 5.75 Å². The van der Waals surface area contributed by atoms with E-state index in [1.54, 1.807) is 36.4 Å². The van der Waals surface area contributed by atoms with Crippen LogP contribution in [0.25, 0.3) is 0 Å². The van der Waals surface area contributed by atoms with Gasteiger partial charge >= 0.3 is 10.1 Å². The second-order valence-electron chi connectivity index (χ2n) is 3.96. The minimum atomic E-state index is -3.73. The summed E-state index contributed by atoms with van der Waals surface area (Å²) in [6.07, 6.45) is 0.636. The molecule has 0 fully saturated rings. The van der Waals surface area contributed by atoms with Gasteiger partial charge in [-0.3, -0.25) is 4.79 Å². The highest BCUT2D eigenvalue weighted by Crippen LogP contribution is 2.16.